The monoisotopic (exact) mass is 407 g/mol. The van der Waals surface area contributed by atoms with Gasteiger partial charge < -0.3 is 10.1 Å². The number of hydrogen-bond donors (Lipinski definition) is 3. The molecule has 1 amide bonds. The molecule has 7 nitrogen and oxygen atoms in total. The molecule has 0 radical (unpaired) electrons. The van der Waals surface area contributed by atoms with Crippen LogP contribution in [0.3, 0.4) is 0 Å². The summed E-state index contributed by atoms with van der Waals surface area (Å²) in [6, 6.07) is 12.7. The summed E-state index contributed by atoms with van der Waals surface area (Å²) in [5.74, 6) is 0.286. The molecule has 0 aliphatic heterocycles. The van der Waals surface area contributed by atoms with Crippen molar-refractivity contribution < 1.29 is 17.9 Å². The van der Waals surface area contributed by atoms with E-state index in [0.717, 1.165) is 0 Å². The third kappa shape index (κ3) is 6.02. The third-order valence-electron chi connectivity index (χ3n) is 3.54. The number of nitrogens with one attached hydrogen (secondary N) is 3. The molecule has 27 heavy (non-hydrogen) atoms. The van der Waals surface area contributed by atoms with Crippen LogP contribution in [0.25, 0.3) is 0 Å². The van der Waals surface area contributed by atoms with Crippen LogP contribution < -0.4 is 20.1 Å². The number of amides is 1. The molecule has 3 N–H and O–H groups in total. The molecule has 144 valence electrons. The summed E-state index contributed by atoms with van der Waals surface area (Å²) in [7, 11) is -1.97. The highest BCUT2D eigenvalue weighted by Gasteiger charge is 2.13. The van der Waals surface area contributed by atoms with Gasteiger partial charge in [0.15, 0.2) is 5.11 Å². The number of carbonyl (C=O) groups is 1. The van der Waals surface area contributed by atoms with E-state index in [4.69, 9.17) is 17.0 Å². The minimum atomic E-state index is -3.52. The molecule has 0 heterocycles. The van der Waals surface area contributed by atoms with Gasteiger partial charge in [0.2, 0.25) is 10.0 Å². The molecule has 0 unspecified atom stereocenters. The summed E-state index contributed by atoms with van der Waals surface area (Å²) in [6.45, 7) is 2.26. The Labute approximate surface area is 164 Å². The molecule has 0 bridgehead atoms. The van der Waals surface area contributed by atoms with Crippen molar-refractivity contribution in [2.75, 3.05) is 19.0 Å². The highest BCUT2D eigenvalue weighted by Crippen LogP contribution is 2.14. The quantitative estimate of drug-likeness (QED) is 0.611. The number of ether oxygens (including phenoxy) is 1. The van der Waals surface area contributed by atoms with Crippen molar-refractivity contribution in [3.8, 4) is 5.75 Å². The summed E-state index contributed by atoms with van der Waals surface area (Å²) in [5.41, 5.74) is 0.993. The summed E-state index contributed by atoms with van der Waals surface area (Å²) in [5, 5.41) is 5.52. The largest absolute Gasteiger partial charge is 0.497 e. The molecule has 0 saturated heterocycles. The Balaban J connectivity index is 1.96. The molecule has 0 atom stereocenters. The van der Waals surface area contributed by atoms with Gasteiger partial charge >= 0.3 is 0 Å². The van der Waals surface area contributed by atoms with Gasteiger partial charge in [0.1, 0.15) is 5.75 Å². The SMILES string of the molecule is CCCNS(=O)(=O)c1ccc(NC(=S)NC(=O)c2ccc(OC)cc2)cc1. The minimum Gasteiger partial charge on any atom is -0.497 e. The Hall–Kier alpha value is -2.49. The van der Waals surface area contributed by atoms with Crippen molar-refractivity contribution >= 4 is 38.9 Å². The van der Waals surface area contributed by atoms with Gasteiger partial charge in [0, 0.05) is 17.8 Å². The standard InChI is InChI=1S/C18H21N3O4S2/c1-3-12-19-27(23,24)16-10-6-14(7-11-16)20-18(26)21-17(22)13-4-8-15(25-2)9-5-13/h4-11,19H,3,12H2,1-2H3,(H2,20,21,22,26). The zero-order valence-corrected chi connectivity index (χ0v) is 16.6. The van der Waals surface area contributed by atoms with Crippen LogP contribution in [0.15, 0.2) is 53.4 Å². The summed E-state index contributed by atoms with van der Waals surface area (Å²) in [4.78, 5) is 12.3. The number of rotatable bonds is 7. The van der Waals surface area contributed by atoms with Gasteiger partial charge in [-0.25, -0.2) is 13.1 Å². The lowest BCUT2D eigenvalue weighted by molar-refractivity contribution is 0.0977. The van der Waals surface area contributed by atoms with Crippen LogP contribution in [0.2, 0.25) is 0 Å². The number of methoxy groups -OCH3 is 1. The van der Waals surface area contributed by atoms with Crippen LogP contribution >= 0.6 is 12.2 Å². The summed E-state index contributed by atoms with van der Waals surface area (Å²) < 4.78 is 31.6. The molecule has 0 aliphatic carbocycles. The molecule has 2 aromatic rings. The van der Waals surface area contributed by atoms with E-state index in [1.807, 2.05) is 6.92 Å². The van der Waals surface area contributed by atoms with Gasteiger partial charge in [-0.15, -0.1) is 0 Å². The average Bonchev–Trinajstić information content (AvgIpc) is 2.66. The molecule has 0 spiro atoms. The number of hydrogen-bond acceptors (Lipinski definition) is 5. The van der Waals surface area contributed by atoms with Crippen molar-refractivity contribution in [3.05, 3.63) is 54.1 Å². The molecular weight excluding hydrogens is 386 g/mol. The molecule has 0 aromatic heterocycles. The van der Waals surface area contributed by atoms with Crippen LogP contribution in [0.4, 0.5) is 5.69 Å². The highest BCUT2D eigenvalue weighted by molar-refractivity contribution is 7.89. The molecule has 0 saturated carbocycles. The van der Waals surface area contributed by atoms with Gasteiger partial charge in [-0.3, -0.25) is 10.1 Å². The van der Waals surface area contributed by atoms with Gasteiger partial charge in [0.05, 0.1) is 12.0 Å². The van der Waals surface area contributed by atoms with Gasteiger partial charge in [0.25, 0.3) is 5.91 Å². The Morgan fingerprint density at radius 2 is 1.70 bits per heavy atom. The van der Waals surface area contributed by atoms with Crippen LogP contribution in [0.1, 0.15) is 23.7 Å². The number of benzene rings is 2. The Morgan fingerprint density at radius 3 is 2.26 bits per heavy atom. The maximum absolute atomic E-state index is 12.2. The number of carbonyl (C=O) groups excluding carboxylic acids is 1. The second kappa shape index (κ2) is 9.45. The van der Waals surface area contributed by atoms with Crippen LogP contribution in [0, 0.1) is 0 Å². The highest BCUT2D eigenvalue weighted by atomic mass is 32.2. The third-order valence-corrected chi connectivity index (χ3v) is 5.22. The van der Waals surface area contributed by atoms with E-state index in [1.54, 1.807) is 43.5 Å². The minimum absolute atomic E-state index is 0.107. The molecule has 2 rings (SSSR count). The fourth-order valence-corrected chi connectivity index (χ4v) is 3.46. The van der Waals surface area contributed by atoms with Crippen molar-refractivity contribution in [1.82, 2.24) is 10.0 Å². The Bertz CT molecular complexity index is 895. The maximum atomic E-state index is 12.2. The fourth-order valence-electron chi connectivity index (χ4n) is 2.12. The number of sulfonamides is 1. The first kappa shape index (κ1) is 20.8. The second-order valence-corrected chi connectivity index (χ2v) is 7.73. The lowest BCUT2D eigenvalue weighted by Gasteiger charge is -2.11. The Kier molecular flexibility index (Phi) is 7.28. The van der Waals surface area contributed by atoms with Crippen molar-refractivity contribution in [3.63, 3.8) is 0 Å². The number of thiocarbonyl (C=S) groups is 1. The maximum Gasteiger partial charge on any atom is 0.257 e. The topological polar surface area (TPSA) is 96.5 Å². The summed E-state index contributed by atoms with van der Waals surface area (Å²) in [6.07, 6.45) is 0.709. The second-order valence-electron chi connectivity index (χ2n) is 5.56. The lowest BCUT2D eigenvalue weighted by atomic mass is 10.2. The van der Waals surface area contributed by atoms with Crippen molar-refractivity contribution in [2.24, 2.45) is 0 Å². The van der Waals surface area contributed by atoms with E-state index in [9.17, 15) is 13.2 Å². The van der Waals surface area contributed by atoms with E-state index in [-0.39, 0.29) is 15.9 Å². The normalized spacial score (nSPS) is 10.9. The molecule has 0 aliphatic rings. The Morgan fingerprint density at radius 1 is 1.07 bits per heavy atom. The number of anilines is 1. The van der Waals surface area contributed by atoms with Crippen LogP contribution in [-0.2, 0) is 10.0 Å². The zero-order valence-electron chi connectivity index (χ0n) is 15.0. The molecule has 0 fully saturated rings. The van der Waals surface area contributed by atoms with E-state index in [1.165, 1.54) is 12.1 Å². The van der Waals surface area contributed by atoms with Gasteiger partial charge in [-0.1, -0.05) is 6.92 Å². The average molecular weight is 408 g/mol. The van der Waals surface area contributed by atoms with Crippen LogP contribution in [0.5, 0.6) is 5.75 Å². The zero-order chi connectivity index (χ0) is 19.9. The fraction of sp³-hybridized carbons (Fsp3) is 0.222. The van der Waals surface area contributed by atoms with Gasteiger partial charge in [-0.2, -0.15) is 0 Å². The van der Waals surface area contributed by atoms with E-state index in [2.05, 4.69) is 15.4 Å². The first-order valence-corrected chi connectivity index (χ1v) is 10.1. The predicted molar refractivity (Wildman–Crippen MR) is 109 cm³/mol. The van der Waals surface area contributed by atoms with E-state index in [0.29, 0.717) is 30.0 Å². The molecular formula is C18H21N3O4S2. The van der Waals surface area contributed by atoms with Gasteiger partial charge in [-0.05, 0) is 67.2 Å². The van der Waals surface area contributed by atoms with Crippen molar-refractivity contribution in [1.29, 1.82) is 0 Å². The van der Waals surface area contributed by atoms with Crippen LogP contribution in [-0.4, -0.2) is 33.1 Å². The smallest absolute Gasteiger partial charge is 0.257 e. The first-order chi connectivity index (χ1) is 12.9. The van der Waals surface area contributed by atoms with E-state index >= 15 is 0 Å². The van der Waals surface area contributed by atoms with E-state index < -0.39 is 10.0 Å². The first-order valence-electron chi connectivity index (χ1n) is 8.22. The van der Waals surface area contributed by atoms with Crippen molar-refractivity contribution in [2.45, 2.75) is 18.2 Å². The molecule has 2 aromatic carbocycles. The lowest BCUT2D eigenvalue weighted by Crippen LogP contribution is -2.34. The predicted octanol–water partition coefficient (Wildman–Crippen LogP) is 2.51. The molecule has 9 heteroatoms. The summed E-state index contributed by atoms with van der Waals surface area (Å²) >= 11 is 5.13.